The molecule has 3 aliphatic rings. The van der Waals surface area contributed by atoms with E-state index in [9.17, 15) is 61.0 Å². The van der Waals surface area contributed by atoms with E-state index < -0.39 is 124 Å². The second kappa shape index (κ2) is 66.8. The summed E-state index contributed by atoms with van der Waals surface area (Å²) in [7, 11) is 0. The molecule has 3 aliphatic heterocycles. The highest BCUT2D eigenvalue weighted by Crippen LogP contribution is 2.34. The first kappa shape index (κ1) is 97.5. The lowest BCUT2D eigenvalue weighted by atomic mass is 9.96. The number of rotatable bonds is 72. The second-order valence-corrected chi connectivity index (χ2v) is 31.7. The van der Waals surface area contributed by atoms with Gasteiger partial charge in [0.25, 0.3) is 0 Å². The lowest BCUT2D eigenvalue weighted by molar-refractivity contribution is -0.379. The number of hydrogen-bond acceptors (Lipinski definition) is 18. The fraction of sp³-hybridized carbons (Fsp3) is 0.942. The van der Waals surface area contributed by atoms with Crippen LogP contribution in [-0.2, 0) is 33.2 Å². The van der Waals surface area contributed by atoms with Gasteiger partial charge in [0.1, 0.15) is 73.2 Å². The van der Waals surface area contributed by atoms with E-state index in [1.807, 2.05) is 6.08 Å². The highest BCUT2D eigenvalue weighted by Gasteiger charge is 2.54. The molecule has 12 N–H and O–H groups in total. The molecule has 17 atom stereocenters. The van der Waals surface area contributed by atoms with Crippen LogP contribution in [0.4, 0.5) is 0 Å². The van der Waals surface area contributed by atoms with Crippen molar-refractivity contribution in [3.05, 3.63) is 24.3 Å². The summed E-state index contributed by atoms with van der Waals surface area (Å²) < 4.78 is 34.5. The minimum Gasteiger partial charge on any atom is -0.394 e. The van der Waals surface area contributed by atoms with Crippen LogP contribution in [-0.4, -0.2) is 193 Å². The zero-order valence-electron chi connectivity index (χ0n) is 66.7. The van der Waals surface area contributed by atoms with E-state index in [0.717, 1.165) is 38.5 Å². The van der Waals surface area contributed by atoms with Gasteiger partial charge in [0, 0.05) is 6.42 Å². The van der Waals surface area contributed by atoms with Crippen LogP contribution in [0.25, 0.3) is 0 Å². The topological polar surface area (TPSA) is 307 Å². The first-order valence-electron chi connectivity index (χ1n) is 44.1. The smallest absolute Gasteiger partial charge is 0.220 e. The molecule has 0 aromatic rings. The predicted molar refractivity (Wildman–Crippen MR) is 420 cm³/mol. The van der Waals surface area contributed by atoms with Crippen molar-refractivity contribution in [3.63, 3.8) is 0 Å². The number of aliphatic hydroxyl groups excluding tert-OH is 11. The first-order valence-corrected chi connectivity index (χ1v) is 44.1. The largest absolute Gasteiger partial charge is 0.394 e. The summed E-state index contributed by atoms with van der Waals surface area (Å²) in [5.74, 6) is -0.276. The fourth-order valence-electron chi connectivity index (χ4n) is 15.2. The number of carbonyl (C=O) groups excluding carboxylic acids is 1. The molecular weight excluding hydrogens is 1330 g/mol. The highest BCUT2D eigenvalue weighted by atomic mass is 16.8. The lowest BCUT2D eigenvalue weighted by Gasteiger charge is -2.48. The van der Waals surface area contributed by atoms with Crippen molar-refractivity contribution in [2.45, 2.75) is 491 Å². The quantitative estimate of drug-likeness (QED) is 0.0199. The molecule has 3 saturated heterocycles. The SMILES string of the molecule is CCCCCCCCCCCCCCCCCCCCCCCCCCCC/C=C/CC/C=C/C(O)C(COC1OC(CO)C(OC2OC(CO)C(OC3OC(CO)C(O)C(O)C3O)C(O)C2O)C(O)C1O)NC(=O)CCCCCCCCCCCCCCCCCCCCCCCCCCCCCC. The van der Waals surface area contributed by atoms with Crippen molar-refractivity contribution >= 4 is 5.91 Å². The average molecular weight is 1500 g/mol. The fourth-order valence-corrected chi connectivity index (χ4v) is 15.2. The van der Waals surface area contributed by atoms with Crippen LogP contribution < -0.4 is 5.32 Å². The Labute approximate surface area is 638 Å². The molecule has 3 rings (SSSR count). The Morgan fingerprint density at radius 1 is 0.333 bits per heavy atom. The molecule has 3 fully saturated rings. The summed E-state index contributed by atoms with van der Waals surface area (Å²) in [4.78, 5) is 13.5. The molecule has 17 unspecified atom stereocenters. The average Bonchev–Trinajstić information content (AvgIpc) is 0.782. The molecule has 105 heavy (non-hydrogen) atoms. The number of aliphatic hydroxyl groups is 11. The van der Waals surface area contributed by atoms with Crippen LogP contribution >= 0.6 is 0 Å². The van der Waals surface area contributed by atoms with Crippen LogP contribution in [0.5, 0.6) is 0 Å². The summed E-state index contributed by atoms with van der Waals surface area (Å²) in [6.45, 7) is 1.79. The number of ether oxygens (including phenoxy) is 6. The summed E-state index contributed by atoms with van der Waals surface area (Å²) in [6.07, 6.45) is 56.2. The number of hydrogen-bond donors (Lipinski definition) is 12. The van der Waals surface area contributed by atoms with Gasteiger partial charge in [0.05, 0.1) is 38.6 Å². The minimum absolute atomic E-state index is 0.241. The Balaban J connectivity index is 1.35. The van der Waals surface area contributed by atoms with E-state index in [0.29, 0.717) is 12.8 Å². The minimum atomic E-state index is -1.98. The van der Waals surface area contributed by atoms with Crippen LogP contribution in [0.2, 0.25) is 0 Å². The Bertz CT molecular complexity index is 1990. The van der Waals surface area contributed by atoms with Gasteiger partial charge in [-0.1, -0.05) is 372 Å². The monoisotopic (exact) mass is 1500 g/mol. The molecule has 0 saturated carbocycles. The highest BCUT2D eigenvalue weighted by molar-refractivity contribution is 5.76. The van der Waals surface area contributed by atoms with Gasteiger partial charge in [-0.05, 0) is 32.1 Å². The Hall–Kier alpha value is -1.73. The summed E-state index contributed by atoms with van der Waals surface area (Å²) >= 11 is 0. The maximum absolute atomic E-state index is 13.5. The summed E-state index contributed by atoms with van der Waals surface area (Å²) in [5.41, 5.74) is 0. The number of carbonyl (C=O) groups is 1. The molecule has 620 valence electrons. The Morgan fingerprint density at radius 3 is 0.952 bits per heavy atom. The summed E-state index contributed by atoms with van der Waals surface area (Å²) in [5, 5.41) is 121. The second-order valence-electron chi connectivity index (χ2n) is 31.7. The Kier molecular flexibility index (Phi) is 62.0. The van der Waals surface area contributed by atoms with Gasteiger partial charge in [0.15, 0.2) is 18.9 Å². The van der Waals surface area contributed by atoms with E-state index in [1.54, 1.807) is 6.08 Å². The zero-order valence-corrected chi connectivity index (χ0v) is 66.7. The van der Waals surface area contributed by atoms with E-state index in [4.69, 9.17) is 28.4 Å². The number of allylic oxidation sites excluding steroid dienone is 3. The van der Waals surface area contributed by atoms with Crippen LogP contribution in [0.3, 0.4) is 0 Å². The van der Waals surface area contributed by atoms with Crippen molar-refractivity contribution in [2.75, 3.05) is 26.4 Å². The standard InChI is InChI=1S/C86H163NO18/c1-3-5-7-9-11-13-15-17-19-21-23-25-27-29-31-33-34-35-36-37-39-41-43-45-47-49-51-53-55-57-59-61-63-70(91)69(87-74(92)64-62-60-58-56-54-52-50-48-46-44-42-40-38-32-30-28-26-24-22-20-18-16-14-12-10-8-6-4-2)68-100-84-80(98)77(95)82(72(66-89)102-84)105-86-81(99)78(96)83(73(67-90)103-86)104-85-79(97)76(94)75(93)71(65-88)101-85/h53,55,61,63,69-73,75-86,88-91,93-99H,3-52,54,56-60,62,64-68H2,1-2H3,(H,87,92)/b55-53+,63-61+. The zero-order chi connectivity index (χ0) is 76.0. The van der Waals surface area contributed by atoms with Gasteiger partial charge in [-0.15, -0.1) is 0 Å². The van der Waals surface area contributed by atoms with Gasteiger partial charge in [0.2, 0.25) is 5.91 Å². The lowest BCUT2D eigenvalue weighted by Crippen LogP contribution is -2.66. The van der Waals surface area contributed by atoms with E-state index in [-0.39, 0.29) is 18.9 Å². The Morgan fingerprint density at radius 2 is 0.610 bits per heavy atom. The number of nitrogens with one attached hydrogen (secondary N) is 1. The number of amides is 1. The van der Waals surface area contributed by atoms with Crippen LogP contribution in [0.1, 0.15) is 386 Å². The molecule has 0 radical (unpaired) electrons. The van der Waals surface area contributed by atoms with Crippen molar-refractivity contribution in [1.29, 1.82) is 0 Å². The van der Waals surface area contributed by atoms with Gasteiger partial charge >= 0.3 is 0 Å². The molecule has 0 aromatic carbocycles. The van der Waals surface area contributed by atoms with Crippen LogP contribution in [0.15, 0.2) is 24.3 Å². The third-order valence-electron chi connectivity index (χ3n) is 22.3. The van der Waals surface area contributed by atoms with Crippen molar-refractivity contribution < 1.29 is 89.4 Å². The third kappa shape index (κ3) is 46.1. The molecule has 19 heteroatoms. The molecule has 0 aromatic heterocycles. The van der Waals surface area contributed by atoms with E-state index in [1.165, 1.54) is 315 Å². The maximum atomic E-state index is 13.5. The molecular formula is C86H163NO18. The van der Waals surface area contributed by atoms with Crippen molar-refractivity contribution in [1.82, 2.24) is 5.32 Å². The molecule has 3 heterocycles. The first-order chi connectivity index (χ1) is 51.3. The van der Waals surface area contributed by atoms with E-state index in [2.05, 4.69) is 31.3 Å². The van der Waals surface area contributed by atoms with Gasteiger partial charge in [-0.25, -0.2) is 0 Å². The number of unbranched alkanes of at least 4 members (excludes halogenated alkanes) is 54. The van der Waals surface area contributed by atoms with Crippen LogP contribution in [0, 0.1) is 0 Å². The molecule has 19 nitrogen and oxygen atoms in total. The van der Waals surface area contributed by atoms with Crippen molar-refractivity contribution in [3.8, 4) is 0 Å². The van der Waals surface area contributed by atoms with Gasteiger partial charge in [-0.3, -0.25) is 4.79 Å². The van der Waals surface area contributed by atoms with Gasteiger partial charge in [-0.2, -0.15) is 0 Å². The van der Waals surface area contributed by atoms with Gasteiger partial charge < -0.3 is 89.9 Å². The summed E-state index contributed by atoms with van der Waals surface area (Å²) in [6, 6.07) is -0.989. The third-order valence-corrected chi connectivity index (χ3v) is 22.3. The van der Waals surface area contributed by atoms with E-state index >= 15 is 0 Å². The maximum Gasteiger partial charge on any atom is 0.220 e. The molecule has 0 aliphatic carbocycles. The normalized spacial score (nSPS) is 25.8. The van der Waals surface area contributed by atoms with Crippen molar-refractivity contribution in [2.24, 2.45) is 0 Å². The molecule has 0 spiro atoms. The molecule has 0 bridgehead atoms. The molecule has 1 amide bonds. The predicted octanol–water partition coefficient (Wildman–Crippen LogP) is 16.1.